The van der Waals surface area contributed by atoms with Gasteiger partial charge in [0.2, 0.25) is 0 Å². The van der Waals surface area contributed by atoms with E-state index < -0.39 is 5.97 Å². The van der Waals surface area contributed by atoms with Gasteiger partial charge in [0.05, 0.1) is 12.7 Å². The molecule has 3 aromatic rings. The highest BCUT2D eigenvalue weighted by molar-refractivity contribution is 6.06. The number of anilines is 1. The largest absolute Gasteiger partial charge is 0.496 e. The van der Waals surface area contributed by atoms with E-state index >= 15 is 0 Å². The summed E-state index contributed by atoms with van der Waals surface area (Å²) in [6, 6.07) is 19.3. The summed E-state index contributed by atoms with van der Waals surface area (Å²) in [5, 5.41) is 2.79. The number of esters is 1. The fraction of sp³-hybridized carbons (Fsp3) is 0.167. The predicted octanol–water partition coefficient (Wildman–Crippen LogP) is 4.55. The second-order valence-corrected chi connectivity index (χ2v) is 6.71. The van der Waals surface area contributed by atoms with Crippen molar-refractivity contribution in [3.63, 3.8) is 0 Å². The second-order valence-electron chi connectivity index (χ2n) is 6.71. The molecule has 0 unspecified atom stereocenters. The van der Waals surface area contributed by atoms with E-state index in [4.69, 9.17) is 14.2 Å². The lowest BCUT2D eigenvalue weighted by atomic mass is 10.1. The summed E-state index contributed by atoms with van der Waals surface area (Å²) in [6.07, 6.45) is 0. The number of carbonyl (C=O) groups is 2. The van der Waals surface area contributed by atoms with Crippen molar-refractivity contribution in [2.45, 2.75) is 13.8 Å². The number of ether oxygens (including phenoxy) is 3. The van der Waals surface area contributed by atoms with E-state index in [1.165, 1.54) is 7.11 Å². The van der Waals surface area contributed by atoms with E-state index in [2.05, 4.69) is 5.32 Å². The number of benzene rings is 3. The minimum Gasteiger partial charge on any atom is -0.496 e. The molecule has 0 aliphatic rings. The Balaban J connectivity index is 1.55. The van der Waals surface area contributed by atoms with Crippen molar-refractivity contribution in [2.24, 2.45) is 0 Å². The number of nitrogens with one attached hydrogen (secondary N) is 1. The van der Waals surface area contributed by atoms with E-state index in [1.54, 1.807) is 48.5 Å². The molecule has 0 aliphatic heterocycles. The van der Waals surface area contributed by atoms with E-state index in [0.717, 1.165) is 11.1 Å². The van der Waals surface area contributed by atoms with Gasteiger partial charge >= 0.3 is 5.97 Å². The Labute approximate surface area is 175 Å². The Morgan fingerprint density at radius 2 is 1.63 bits per heavy atom. The second kappa shape index (κ2) is 9.60. The first-order valence-electron chi connectivity index (χ1n) is 9.41. The summed E-state index contributed by atoms with van der Waals surface area (Å²) in [5.74, 6) is 0.700. The van der Waals surface area contributed by atoms with Gasteiger partial charge in [-0.25, -0.2) is 4.79 Å². The van der Waals surface area contributed by atoms with Crippen LogP contribution in [0.15, 0.2) is 66.7 Å². The molecule has 0 aliphatic carbocycles. The summed E-state index contributed by atoms with van der Waals surface area (Å²) in [7, 11) is 1.51. The fourth-order valence-electron chi connectivity index (χ4n) is 2.80. The zero-order chi connectivity index (χ0) is 21.5. The first kappa shape index (κ1) is 20.9. The van der Waals surface area contributed by atoms with Crippen molar-refractivity contribution in [3.8, 4) is 17.2 Å². The highest BCUT2D eigenvalue weighted by Crippen LogP contribution is 2.22. The molecule has 3 rings (SSSR count). The van der Waals surface area contributed by atoms with Crippen LogP contribution in [0.4, 0.5) is 5.69 Å². The Hall–Kier alpha value is -3.80. The van der Waals surface area contributed by atoms with Crippen molar-refractivity contribution in [1.82, 2.24) is 0 Å². The average Bonchev–Trinajstić information content (AvgIpc) is 2.75. The van der Waals surface area contributed by atoms with Gasteiger partial charge in [-0.3, -0.25) is 4.79 Å². The normalized spacial score (nSPS) is 10.2. The van der Waals surface area contributed by atoms with Crippen LogP contribution in [0.2, 0.25) is 0 Å². The number of aryl methyl sites for hydroxylation is 2. The van der Waals surface area contributed by atoms with Crippen molar-refractivity contribution in [2.75, 3.05) is 19.0 Å². The van der Waals surface area contributed by atoms with Crippen LogP contribution in [-0.4, -0.2) is 25.6 Å². The molecule has 0 heterocycles. The molecule has 0 saturated carbocycles. The molecule has 0 saturated heterocycles. The number of hydrogen-bond donors (Lipinski definition) is 1. The summed E-state index contributed by atoms with van der Waals surface area (Å²) >= 11 is 0. The van der Waals surface area contributed by atoms with Gasteiger partial charge in [-0.2, -0.15) is 0 Å². The van der Waals surface area contributed by atoms with Gasteiger partial charge in [-0.15, -0.1) is 0 Å². The van der Waals surface area contributed by atoms with Crippen molar-refractivity contribution in [3.05, 3.63) is 83.4 Å². The van der Waals surface area contributed by atoms with Crippen LogP contribution < -0.4 is 19.5 Å². The molecule has 0 spiro atoms. The van der Waals surface area contributed by atoms with Crippen molar-refractivity contribution >= 4 is 17.6 Å². The molecule has 0 bridgehead atoms. The highest BCUT2D eigenvalue weighted by atomic mass is 16.6. The molecule has 1 amide bonds. The first-order valence-corrected chi connectivity index (χ1v) is 9.41. The number of amides is 1. The Morgan fingerprint density at radius 3 is 2.37 bits per heavy atom. The standard InChI is InChI=1S/C24H23NO5/c1-16-8-9-17(2)22(14-16)29-15-23(26)30-19-12-10-18(11-13-19)25-24(27)20-6-4-5-7-21(20)28-3/h4-14H,15H2,1-3H3,(H,25,27). The van der Waals surface area contributed by atoms with Crippen molar-refractivity contribution in [1.29, 1.82) is 0 Å². The molecule has 1 N–H and O–H groups in total. The summed E-state index contributed by atoms with van der Waals surface area (Å²) in [5.41, 5.74) is 3.00. The van der Waals surface area contributed by atoms with Crippen molar-refractivity contribution < 1.29 is 23.8 Å². The number of hydrogen-bond acceptors (Lipinski definition) is 5. The Bertz CT molecular complexity index is 1040. The van der Waals surface area contributed by atoms with Crippen LogP contribution >= 0.6 is 0 Å². The molecular weight excluding hydrogens is 382 g/mol. The molecule has 0 radical (unpaired) electrons. The number of para-hydroxylation sites is 1. The maximum atomic E-state index is 12.4. The first-order chi connectivity index (χ1) is 14.5. The summed E-state index contributed by atoms with van der Waals surface area (Å²) < 4.78 is 16.1. The molecule has 3 aromatic carbocycles. The zero-order valence-corrected chi connectivity index (χ0v) is 17.1. The van der Waals surface area contributed by atoms with Gasteiger partial charge in [-0.1, -0.05) is 24.3 Å². The van der Waals surface area contributed by atoms with E-state index in [1.807, 2.05) is 32.0 Å². The maximum absolute atomic E-state index is 12.4. The molecule has 154 valence electrons. The molecule has 6 nitrogen and oxygen atoms in total. The molecule has 0 fully saturated rings. The van der Waals surface area contributed by atoms with Crippen LogP contribution in [-0.2, 0) is 4.79 Å². The predicted molar refractivity (Wildman–Crippen MR) is 114 cm³/mol. The van der Waals surface area contributed by atoms with Crippen LogP contribution in [0.25, 0.3) is 0 Å². The smallest absolute Gasteiger partial charge is 0.349 e. The van der Waals surface area contributed by atoms with E-state index in [-0.39, 0.29) is 12.5 Å². The third-order valence-electron chi connectivity index (χ3n) is 4.38. The monoisotopic (exact) mass is 405 g/mol. The van der Waals surface area contributed by atoms with Gasteiger partial charge in [-0.05, 0) is 67.4 Å². The van der Waals surface area contributed by atoms with Crippen LogP contribution in [0.3, 0.4) is 0 Å². The topological polar surface area (TPSA) is 73.9 Å². The molecule has 0 aromatic heterocycles. The molecule has 30 heavy (non-hydrogen) atoms. The summed E-state index contributed by atoms with van der Waals surface area (Å²) in [4.78, 5) is 24.5. The van der Waals surface area contributed by atoms with E-state index in [9.17, 15) is 9.59 Å². The van der Waals surface area contributed by atoms with Gasteiger partial charge < -0.3 is 19.5 Å². The van der Waals surface area contributed by atoms with Crippen LogP contribution in [0, 0.1) is 13.8 Å². The number of methoxy groups -OCH3 is 1. The van der Waals surface area contributed by atoms with Gasteiger partial charge in [0, 0.05) is 5.69 Å². The maximum Gasteiger partial charge on any atom is 0.349 e. The Morgan fingerprint density at radius 1 is 0.900 bits per heavy atom. The molecular formula is C24H23NO5. The fourth-order valence-corrected chi connectivity index (χ4v) is 2.80. The van der Waals surface area contributed by atoms with Gasteiger partial charge in [0.25, 0.3) is 5.91 Å². The number of carbonyl (C=O) groups excluding carboxylic acids is 2. The number of rotatable bonds is 7. The SMILES string of the molecule is COc1ccccc1C(=O)Nc1ccc(OC(=O)COc2cc(C)ccc2C)cc1. The van der Waals surface area contributed by atoms with Gasteiger partial charge in [0.1, 0.15) is 17.2 Å². The third-order valence-corrected chi connectivity index (χ3v) is 4.38. The lowest BCUT2D eigenvalue weighted by molar-refractivity contribution is -0.136. The van der Waals surface area contributed by atoms with E-state index in [0.29, 0.717) is 28.5 Å². The average molecular weight is 405 g/mol. The summed E-state index contributed by atoms with van der Waals surface area (Å²) in [6.45, 7) is 3.67. The lowest BCUT2D eigenvalue weighted by Crippen LogP contribution is -2.18. The third kappa shape index (κ3) is 5.38. The molecule has 0 atom stereocenters. The Kier molecular flexibility index (Phi) is 6.70. The zero-order valence-electron chi connectivity index (χ0n) is 17.1. The minimum absolute atomic E-state index is 0.198. The lowest BCUT2D eigenvalue weighted by Gasteiger charge is -2.11. The quantitative estimate of drug-likeness (QED) is 0.461. The highest BCUT2D eigenvalue weighted by Gasteiger charge is 2.12. The minimum atomic E-state index is -0.512. The van der Waals surface area contributed by atoms with Crippen LogP contribution in [0.1, 0.15) is 21.5 Å². The molecule has 6 heteroatoms. The van der Waals surface area contributed by atoms with Crippen LogP contribution in [0.5, 0.6) is 17.2 Å². The van der Waals surface area contributed by atoms with Gasteiger partial charge in [0.15, 0.2) is 6.61 Å².